The Morgan fingerprint density at radius 2 is 1.85 bits per heavy atom. The highest BCUT2D eigenvalue weighted by molar-refractivity contribution is 7.93. The molecule has 1 N–H and O–H groups in total. The van der Waals surface area contributed by atoms with E-state index in [-0.39, 0.29) is 11.3 Å². The highest BCUT2D eigenvalue weighted by atomic mass is 32.2. The fourth-order valence-electron chi connectivity index (χ4n) is 2.35. The number of aryl methyl sites for hydroxylation is 1. The number of allylic oxidation sites excluding steroid dienone is 4. The molecule has 1 heterocycles. The molecule has 1 aromatic heterocycles. The first-order chi connectivity index (χ1) is 12.3. The molecule has 0 spiro atoms. The van der Waals surface area contributed by atoms with Crippen molar-refractivity contribution in [2.24, 2.45) is 0 Å². The molecular weight excluding hydrogens is 352 g/mol. The fraction of sp³-hybridized carbons (Fsp3) is 0.263. The van der Waals surface area contributed by atoms with Gasteiger partial charge in [-0.15, -0.1) is 0 Å². The van der Waals surface area contributed by atoms with E-state index < -0.39 is 15.9 Å². The molecule has 0 aliphatic carbocycles. The predicted octanol–water partition coefficient (Wildman–Crippen LogP) is 3.81. The molecular formula is C19H22N2O4S. The zero-order valence-electron chi connectivity index (χ0n) is 15.2. The summed E-state index contributed by atoms with van der Waals surface area (Å²) in [5, 5.41) is 4.12. The van der Waals surface area contributed by atoms with E-state index in [2.05, 4.69) is 5.16 Å². The van der Waals surface area contributed by atoms with Crippen LogP contribution in [0.5, 0.6) is 0 Å². The molecule has 0 bridgehead atoms. The van der Waals surface area contributed by atoms with Crippen LogP contribution in [0.15, 0.2) is 51.9 Å². The summed E-state index contributed by atoms with van der Waals surface area (Å²) in [4.78, 5) is 11.4. The molecule has 26 heavy (non-hydrogen) atoms. The van der Waals surface area contributed by atoms with Gasteiger partial charge in [-0.1, -0.05) is 48.5 Å². The van der Waals surface area contributed by atoms with E-state index in [1.807, 2.05) is 42.0 Å². The Morgan fingerprint density at radius 3 is 2.46 bits per heavy atom. The summed E-state index contributed by atoms with van der Waals surface area (Å²) >= 11 is 0. The maximum absolute atomic E-state index is 12.1. The average Bonchev–Trinajstić information content (AvgIpc) is 3.01. The number of nitrogens with zero attached hydrogens (tertiary/aromatic N) is 1. The molecule has 0 radical (unpaired) electrons. The fourth-order valence-corrected chi connectivity index (χ4v) is 3.20. The third-order valence-corrected chi connectivity index (χ3v) is 5.35. The maximum Gasteiger partial charge on any atom is 0.259 e. The minimum atomic E-state index is -3.83. The van der Waals surface area contributed by atoms with Crippen LogP contribution < -0.4 is 4.72 Å². The first-order valence-electron chi connectivity index (χ1n) is 8.19. The second kappa shape index (κ2) is 8.14. The lowest BCUT2D eigenvalue weighted by molar-refractivity contribution is -0.119. The second-order valence-electron chi connectivity index (χ2n) is 5.84. The van der Waals surface area contributed by atoms with Crippen molar-refractivity contribution < 1.29 is 17.7 Å². The minimum absolute atomic E-state index is 0.0500. The molecule has 2 aromatic rings. The molecule has 0 fully saturated rings. The molecule has 0 atom stereocenters. The van der Waals surface area contributed by atoms with Crippen molar-refractivity contribution in [1.82, 2.24) is 9.88 Å². The summed E-state index contributed by atoms with van der Waals surface area (Å²) in [5.74, 6) is 0.102. The topological polar surface area (TPSA) is 89.3 Å². The maximum atomic E-state index is 12.1. The number of carbonyl (C=O) groups is 1. The van der Waals surface area contributed by atoms with Gasteiger partial charge in [0.15, 0.2) is 0 Å². The average molecular weight is 374 g/mol. The van der Waals surface area contributed by atoms with Crippen LogP contribution in [0.3, 0.4) is 0 Å². The molecule has 0 saturated heterocycles. The Hall–Kier alpha value is -2.67. The van der Waals surface area contributed by atoms with Gasteiger partial charge in [-0.05, 0) is 32.4 Å². The van der Waals surface area contributed by atoms with E-state index in [0.29, 0.717) is 11.5 Å². The smallest absolute Gasteiger partial charge is 0.259 e. The zero-order chi connectivity index (χ0) is 19.3. The lowest BCUT2D eigenvalue weighted by atomic mass is 10.0. The van der Waals surface area contributed by atoms with Gasteiger partial charge in [-0.2, -0.15) is 0 Å². The van der Waals surface area contributed by atoms with Crippen LogP contribution in [0, 0.1) is 6.92 Å². The summed E-state index contributed by atoms with van der Waals surface area (Å²) in [6.45, 7) is 6.69. The molecule has 0 aliphatic heterocycles. The molecule has 1 aromatic carbocycles. The van der Waals surface area contributed by atoms with Gasteiger partial charge < -0.3 is 4.52 Å². The number of hydrogen-bond donors (Lipinski definition) is 1. The number of amides is 1. The largest absolute Gasteiger partial charge is 0.360 e. The van der Waals surface area contributed by atoms with E-state index in [1.54, 1.807) is 19.9 Å². The van der Waals surface area contributed by atoms with Gasteiger partial charge in [0, 0.05) is 17.5 Å². The number of sulfonamides is 1. The third kappa shape index (κ3) is 4.49. The second-order valence-corrected chi connectivity index (χ2v) is 7.69. The minimum Gasteiger partial charge on any atom is -0.360 e. The van der Waals surface area contributed by atoms with Crippen LogP contribution in [0.1, 0.15) is 38.5 Å². The predicted molar refractivity (Wildman–Crippen MR) is 101 cm³/mol. The van der Waals surface area contributed by atoms with Crippen LogP contribution in [0.2, 0.25) is 0 Å². The van der Waals surface area contributed by atoms with E-state index >= 15 is 0 Å². The summed E-state index contributed by atoms with van der Waals surface area (Å²) in [6, 6.07) is 9.60. The van der Waals surface area contributed by atoms with E-state index in [1.165, 1.54) is 13.0 Å². The molecule has 0 unspecified atom stereocenters. The van der Waals surface area contributed by atoms with Gasteiger partial charge in [0.05, 0.1) is 4.91 Å². The van der Waals surface area contributed by atoms with Crippen molar-refractivity contribution in [1.29, 1.82) is 0 Å². The van der Waals surface area contributed by atoms with Gasteiger partial charge in [0.25, 0.3) is 10.0 Å². The Bertz CT molecular complexity index is 955. The molecule has 0 aliphatic rings. The zero-order valence-corrected chi connectivity index (χ0v) is 16.1. The normalized spacial score (nSPS) is 12.9. The van der Waals surface area contributed by atoms with Crippen LogP contribution in [0.4, 0.5) is 0 Å². The lowest BCUT2D eigenvalue weighted by Crippen LogP contribution is -2.30. The molecule has 1 amide bonds. The highest BCUT2D eigenvalue weighted by Crippen LogP contribution is 2.30. The van der Waals surface area contributed by atoms with Gasteiger partial charge in [-0.3, -0.25) is 4.79 Å². The van der Waals surface area contributed by atoms with Gasteiger partial charge >= 0.3 is 0 Å². The van der Waals surface area contributed by atoms with Gasteiger partial charge in [0.1, 0.15) is 11.5 Å². The van der Waals surface area contributed by atoms with Crippen LogP contribution in [-0.4, -0.2) is 19.5 Å². The number of nitrogens with one attached hydrogen (secondary N) is 1. The van der Waals surface area contributed by atoms with E-state index in [0.717, 1.165) is 16.7 Å². The Labute approximate surface area is 153 Å². The number of hydrogen-bond acceptors (Lipinski definition) is 5. The Kier molecular flexibility index (Phi) is 6.15. The van der Waals surface area contributed by atoms with Crippen LogP contribution >= 0.6 is 0 Å². The summed E-state index contributed by atoms with van der Waals surface area (Å²) in [6.07, 6.45) is 3.24. The monoisotopic (exact) mass is 374 g/mol. The van der Waals surface area contributed by atoms with E-state index in [9.17, 15) is 13.2 Å². The van der Waals surface area contributed by atoms with Gasteiger partial charge in [0.2, 0.25) is 5.91 Å². The number of aromatic nitrogens is 1. The number of carbonyl (C=O) groups excluding carboxylic acids is 1. The third-order valence-electron chi connectivity index (χ3n) is 3.87. The highest BCUT2D eigenvalue weighted by Gasteiger charge is 2.17. The number of benzene rings is 1. The molecule has 138 valence electrons. The Balaban J connectivity index is 2.36. The van der Waals surface area contributed by atoms with Crippen molar-refractivity contribution in [3.8, 4) is 11.3 Å². The SMILES string of the molecule is CCC(=O)NS(=O)(=O)/C(C)=C/C=C(\C)c1c(-c2ccccc2)noc1C. The summed E-state index contributed by atoms with van der Waals surface area (Å²) < 4.78 is 31.5. The van der Waals surface area contributed by atoms with Crippen molar-refractivity contribution >= 4 is 21.5 Å². The Morgan fingerprint density at radius 1 is 1.19 bits per heavy atom. The molecule has 6 nitrogen and oxygen atoms in total. The molecule has 7 heteroatoms. The molecule has 2 rings (SSSR count). The van der Waals surface area contributed by atoms with Crippen LogP contribution in [0.25, 0.3) is 16.8 Å². The first kappa shape index (κ1) is 19.7. The number of rotatable bonds is 6. The van der Waals surface area contributed by atoms with Crippen molar-refractivity contribution in [2.75, 3.05) is 0 Å². The van der Waals surface area contributed by atoms with Crippen LogP contribution in [-0.2, 0) is 14.8 Å². The van der Waals surface area contributed by atoms with Crippen molar-refractivity contribution in [2.45, 2.75) is 34.1 Å². The molecule has 0 saturated carbocycles. The van der Waals surface area contributed by atoms with E-state index in [4.69, 9.17) is 4.52 Å². The first-order valence-corrected chi connectivity index (χ1v) is 9.67. The summed E-state index contributed by atoms with van der Waals surface area (Å²) in [7, 11) is -3.83. The van der Waals surface area contributed by atoms with Crippen molar-refractivity contribution in [3.63, 3.8) is 0 Å². The lowest BCUT2D eigenvalue weighted by Gasteiger charge is -2.06. The summed E-state index contributed by atoms with van der Waals surface area (Å²) in [5.41, 5.74) is 3.23. The van der Waals surface area contributed by atoms with Crippen molar-refractivity contribution in [3.05, 3.63) is 58.7 Å². The standard InChI is InChI=1S/C19H22N2O4S/c1-5-17(22)21-26(23,24)14(3)12-11-13(2)18-15(4)25-20-19(18)16-9-7-6-8-10-16/h6-12H,5H2,1-4H3,(H,21,22)/b13-11+,14-12+. The van der Waals surface area contributed by atoms with Gasteiger partial charge in [-0.25, -0.2) is 13.1 Å². The quantitative estimate of drug-likeness (QED) is 0.777.